The Kier molecular flexibility index (Phi) is 51.0. The molecule has 1 amide bonds. The molecule has 64 heavy (non-hydrogen) atoms. The molecule has 0 aliphatic rings. The minimum atomic E-state index is -0.789. The van der Waals surface area contributed by atoms with Gasteiger partial charge in [-0.2, -0.15) is 0 Å². The number of aliphatic hydroxyl groups excluding tert-OH is 2. The molecule has 0 aromatic heterocycles. The molecule has 0 rings (SSSR count). The molecule has 0 aliphatic heterocycles. The van der Waals surface area contributed by atoms with Crippen LogP contribution in [0.15, 0.2) is 24.3 Å². The van der Waals surface area contributed by atoms with E-state index >= 15 is 0 Å². The number of hydrogen-bond acceptors (Lipinski definition) is 5. The van der Waals surface area contributed by atoms with Gasteiger partial charge in [0, 0.05) is 6.42 Å². The van der Waals surface area contributed by atoms with E-state index in [1.807, 2.05) is 0 Å². The first kappa shape index (κ1) is 62.3. The number of ether oxygens (including phenoxy) is 1. The molecule has 0 aliphatic carbocycles. The van der Waals surface area contributed by atoms with Crippen molar-refractivity contribution in [3.8, 4) is 0 Å². The zero-order valence-corrected chi connectivity index (χ0v) is 43.2. The Labute approximate surface area is 399 Å². The third kappa shape index (κ3) is 46.9. The highest BCUT2D eigenvalue weighted by Gasteiger charge is 2.24. The van der Waals surface area contributed by atoms with Crippen LogP contribution in [0.25, 0.3) is 0 Å². The lowest BCUT2D eigenvalue weighted by Crippen LogP contribution is -2.46. The largest absolute Gasteiger partial charge is 0.462 e. The third-order valence-corrected chi connectivity index (χ3v) is 13.3. The molecule has 0 aromatic rings. The van der Waals surface area contributed by atoms with Crippen molar-refractivity contribution in [3.63, 3.8) is 0 Å². The Morgan fingerprint density at radius 1 is 0.438 bits per heavy atom. The molecule has 0 aromatic carbocycles. The molecule has 6 nitrogen and oxygen atoms in total. The average molecular weight is 903 g/mol. The molecule has 0 radical (unpaired) electrons. The van der Waals surface area contributed by atoms with Crippen LogP contribution in [0.4, 0.5) is 0 Å². The van der Waals surface area contributed by atoms with Gasteiger partial charge < -0.3 is 20.3 Å². The second-order valence-electron chi connectivity index (χ2n) is 19.7. The SMILES string of the molecule is CCCCCCCC/C=C/CCCCCCCCCC(=O)OC(CCCCC/C=C/CCCCCCCCCCC)CC(=O)NC(CO)C(O)CCCCCCCCCCCCCC. The maximum atomic E-state index is 13.2. The molecule has 0 saturated heterocycles. The summed E-state index contributed by atoms with van der Waals surface area (Å²) >= 11 is 0. The van der Waals surface area contributed by atoms with E-state index in [2.05, 4.69) is 50.4 Å². The lowest BCUT2D eigenvalue weighted by atomic mass is 10.0. The Hall–Kier alpha value is -1.66. The summed E-state index contributed by atoms with van der Waals surface area (Å²) in [4.78, 5) is 26.2. The number of unbranched alkanes of at least 4 members (excludes halogenated alkanes) is 36. The van der Waals surface area contributed by atoms with E-state index in [0.29, 0.717) is 19.3 Å². The number of nitrogens with one attached hydrogen (secondary N) is 1. The van der Waals surface area contributed by atoms with E-state index in [4.69, 9.17) is 4.74 Å². The van der Waals surface area contributed by atoms with Gasteiger partial charge in [-0.05, 0) is 77.0 Å². The summed E-state index contributed by atoms with van der Waals surface area (Å²) < 4.78 is 5.95. The molecule has 0 fully saturated rings. The van der Waals surface area contributed by atoms with Gasteiger partial charge in [-0.1, -0.05) is 244 Å². The summed E-state index contributed by atoms with van der Waals surface area (Å²) in [5, 5.41) is 23.8. The van der Waals surface area contributed by atoms with Crippen LogP contribution in [0.1, 0.15) is 310 Å². The van der Waals surface area contributed by atoms with Gasteiger partial charge in [0.05, 0.1) is 25.2 Å². The molecule has 0 spiro atoms. The van der Waals surface area contributed by atoms with Crippen LogP contribution in [-0.4, -0.2) is 46.9 Å². The summed E-state index contributed by atoms with van der Waals surface area (Å²) in [6.45, 7) is 6.50. The van der Waals surface area contributed by atoms with Gasteiger partial charge in [-0.3, -0.25) is 9.59 Å². The van der Waals surface area contributed by atoms with Crippen molar-refractivity contribution in [1.82, 2.24) is 5.32 Å². The first-order valence-electron chi connectivity index (χ1n) is 28.6. The molecule has 6 heteroatoms. The van der Waals surface area contributed by atoms with Crippen LogP contribution in [0.2, 0.25) is 0 Å². The van der Waals surface area contributed by atoms with Crippen LogP contribution in [0.5, 0.6) is 0 Å². The fourth-order valence-corrected chi connectivity index (χ4v) is 8.89. The summed E-state index contributed by atoms with van der Waals surface area (Å²) in [7, 11) is 0. The van der Waals surface area contributed by atoms with Crippen LogP contribution in [-0.2, 0) is 14.3 Å². The lowest BCUT2D eigenvalue weighted by Gasteiger charge is -2.24. The van der Waals surface area contributed by atoms with E-state index in [1.54, 1.807) is 0 Å². The Morgan fingerprint density at radius 2 is 0.750 bits per heavy atom. The van der Waals surface area contributed by atoms with E-state index < -0.39 is 18.2 Å². The van der Waals surface area contributed by atoms with E-state index in [0.717, 1.165) is 57.8 Å². The van der Waals surface area contributed by atoms with E-state index in [-0.39, 0.29) is 24.9 Å². The average Bonchev–Trinajstić information content (AvgIpc) is 3.29. The van der Waals surface area contributed by atoms with Gasteiger partial charge in [-0.15, -0.1) is 0 Å². The van der Waals surface area contributed by atoms with Crippen molar-refractivity contribution in [2.24, 2.45) is 0 Å². The van der Waals surface area contributed by atoms with Crippen LogP contribution in [0, 0.1) is 0 Å². The zero-order valence-electron chi connectivity index (χ0n) is 43.2. The second kappa shape index (κ2) is 52.3. The first-order chi connectivity index (χ1) is 31.5. The number of carbonyl (C=O) groups excluding carboxylic acids is 2. The number of hydrogen-bond donors (Lipinski definition) is 3. The fourth-order valence-electron chi connectivity index (χ4n) is 8.89. The van der Waals surface area contributed by atoms with Gasteiger partial charge in [0.2, 0.25) is 5.91 Å². The maximum absolute atomic E-state index is 13.2. The second-order valence-corrected chi connectivity index (χ2v) is 19.7. The van der Waals surface area contributed by atoms with Crippen molar-refractivity contribution in [2.45, 2.75) is 328 Å². The third-order valence-electron chi connectivity index (χ3n) is 13.3. The van der Waals surface area contributed by atoms with Crippen molar-refractivity contribution >= 4 is 11.9 Å². The number of esters is 1. The standard InChI is InChI=1S/C58H111NO5/c1-4-7-10-13-16-19-22-25-27-29-31-33-36-39-42-45-48-51-58(63)64-54(49-46-43-40-37-34-32-30-28-26-23-20-17-14-11-8-5-2)52-57(62)59-55(53-60)56(61)50-47-44-41-38-35-24-21-18-15-12-9-6-3/h25,27,32,34,54-56,60-61H,4-24,26,28-31,33,35-53H2,1-3H3,(H,59,62)/b27-25+,34-32+. The summed E-state index contributed by atoms with van der Waals surface area (Å²) in [6, 6.07) is -0.703. The quantitative estimate of drug-likeness (QED) is 0.0321. The highest BCUT2D eigenvalue weighted by Crippen LogP contribution is 2.18. The molecule has 0 heterocycles. The monoisotopic (exact) mass is 902 g/mol. The van der Waals surface area contributed by atoms with Gasteiger partial charge in [0.25, 0.3) is 0 Å². The molecule has 3 unspecified atom stereocenters. The Bertz CT molecular complexity index is 1010. The number of allylic oxidation sites excluding steroid dienone is 4. The van der Waals surface area contributed by atoms with E-state index in [1.165, 1.54) is 205 Å². The predicted molar refractivity (Wildman–Crippen MR) is 278 cm³/mol. The topological polar surface area (TPSA) is 95.9 Å². The lowest BCUT2D eigenvalue weighted by molar-refractivity contribution is -0.151. The molecule has 378 valence electrons. The summed E-state index contributed by atoms with van der Waals surface area (Å²) in [5.74, 6) is -0.478. The molecule has 0 bridgehead atoms. The Balaban J connectivity index is 4.56. The van der Waals surface area contributed by atoms with Gasteiger partial charge in [0.1, 0.15) is 6.10 Å². The Morgan fingerprint density at radius 3 is 1.12 bits per heavy atom. The van der Waals surface area contributed by atoms with Crippen molar-refractivity contribution in [1.29, 1.82) is 0 Å². The minimum absolute atomic E-state index is 0.0699. The van der Waals surface area contributed by atoms with Crippen LogP contribution in [0.3, 0.4) is 0 Å². The number of amides is 1. The molecular weight excluding hydrogens is 791 g/mol. The van der Waals surface area contributed by atoms with Gasteiger partial charge >= 0.3 is 5.97 Å². The van der Waals surface area contributed by atoms with Crippen molar-refractivity contribution < 1.29 is 24.5 Å². The zero-order chi connectivity index (χ0) is 46.7. The molecule has 3 N–H and O–H groups in total. The predicted octanol–water partition coefficient (Wildman–Crippen LogP) is 17.5. The van der Waals surface area contributed by atoms with Crippen LogP contribution < -0.4 is 5.32 Å². The summed E-state index contributed by atoms with van der Waals surface area (Å²) in [5.41, 5.74) is 0. The fraction of sp³-hybridized carbons (Fsp3) is 0.897. The highest BCUT2D eigenvalue weighted by atomic mass is 16.5. The molecular formula is C58H111NO5. The normalized spacial score (nSPS) is 13.3. The number of carbonyl (C=O) groups is 2. The maximum Gasteiger partial charge on any atom is 0.306 e. The minimum Gasteiger partial charge on any atom is -0.462 e. The van der Waals surface area contributed by atoms with Crippen LogP contribution >= 0.6 is 0 Å². The molecule has 3 atom stereocenters. The van der Waals surface area contributed by atoms with E-state index in [9.17, 15) is 19.8 Å². The number of rotatable bonds is 52. The van der Waals surface area contributed by atoms with Crippen molar-refractivity contribution in [3.05, 3.63) is 24.3 Å². The highest BCUT2D eigenvalue weighted by molar-refractivity contribution is 5.77. The first-order valence-corrected chi connectivity index (χ1v) is 28.6. The van der Waals surface area contributed by atoms with Gasteiger partial charge in [0.15, 0.2) is 0 Å². The summed E-state index contributed by atoms with van der Waals surface area (Å²) in [6.07, 6.45) is 61.0. The van der Waals surface area contributed by atoms with Gasteiger partial charge in [-0.25, -0.2) is 0 Å². The smallest absolute Gasteiger partial charge is 0.306 e. The number of aliphatic hydroxyl groups is 2. The molecule has 0 saturated carbocycles. The van der Waals surface area contributed by atoms with Crippen molar-refractivity contribution in [2.75, 3.05) is 6.61 Å².